The van der Waals surface area contributed by atoms with Crippen molar-refractivity contribution < 1.29 is 18.8 Å². The summed E-state index contributed by atoms with van der Waals surface area (Å²) in [6.45, 7) is 1.47. The summed E-state index contributed by atoms with van der Waals surface area (Å²) in [5.41, 5.74) is 2.27. The van der Waals surface area contributed by atoms with Gasteiger partial charge in [0, 0.05) is 42.4 Å². The third kappa shape index (κ3) is 6.60. The fourth-order valence-electron chi connectivity index (χ4n) is 3.75. The number of hydrogen-bond acceptors (Lipinski definition) is 7. The first-order valence-electron chi connectivity index (χ1n) is 11.5. The number of aromatic nitrogens is 5. The monoisotopic (exact) mass is 532 g/mol. The van der Waals surface area contributed by atoms with Crippen LogP contribution in [0.4, 0.5) is 4.39 Å². The molecule has 1 N–H and O–H groups in total. The minimum atomic E-state index is -0.882. The minimum Gasteiger partial charge on any atom is -0.342 e. The molecule has 0 saturated carbocycles. The summed E-state index contributed by atoms with van der Waals surface area (Å²) in [4.78, 5) is 41.7. The second kappa shape index (κ2) is 12.1. The number of halogens is 2. The number of carbonyl (C=O) groups is 3. The number of carbonyl (C=O) groups excluding carboxylic acids is 3. The smallest absolute Gasteiger partial charge is 0.244 e. The van der Waals surface area contributed by atoms with Crippen molar-refractivity contribution in [2.45, 2.75) is 25.8 Å². The highest BCUT2D eigenvalue weighted by Crippen LogP contribution is 2.25. The van der Waals surface area contributed by atoms with E-state index < -0.39 is 17.8 Å². The van der Waals surface area contributed by atoms with Crippen molar-refractivity contribution in [3.05, 3.63) is 106 Å². The van der Waals surface area contributed by atoms with Crippen LogP contribution in [0.3, 0.4) is 0 Å². The van der Waals surface area contributed by atoms with Crippen molar-refractivity contribution in [2.75, 3.05) is 0 Å². The molecule has 1 amide bonds. The second-order valence-electron chi connectivity index (χ2n) is 8.40. The Balaban J connectivity index is 1.54. The molecule has 0 bridgehead atoms. The predicted molar refractivity (Wildman–Crippen MR) is 138 cm³/mol. The molecule has 0 aliphatic rings. The lowest BCUT2D eigenvalue weighted by molar-refractivity contribution is -0.125. The van der Waals surface area contributed by atoms with E-state index in [0.717, 1.165) is 11.6 Å². The molecule has 0 aliphatic heterocycles. The number of benzene rings is 2. The van der Waals surface area contributed by atoms with Gasteiger partial charge >= 0.3 is 0 Å². The number of rotatable bonds is 10. The molecule has 9 nitrogen and oxygen atoms in total. The molecular formula is C27H22ClFN6O3. The highest BCUT2D eigenvalue weighted by Gasteiger charge is 2.21. The van der Waals surface area contributed by atoms with Crippen LogP contribution in [-0.2, 0) is 22.4 Å². The molecular weight excluding hydrogens is 511 g/mol. The first-order valence-corrected chi connectivity index (χ1v) is 11.9. The van der Waals surface area contributed by atoms with Crippen LogP contribution in [0.2, 0.25) is 5.02 Å². The zero-order valence-corrected chi connectivity index (χ0v) is 21.0. The van der Waals surface area contributed by atoms with E-state index in [9.17, 15) is 18.8 Å². The van der Waals surface area contributed by atoms with Gasteiger partial charge in [0.2, 0.25) is 5.91 Å². The van der Waals surface area contributed by atoms with Crippen molar-refractivity contribution in [1.29, 1.82) is 0 Å². The molecule has 0 fully saturated rings. The minimum absolute atomic E-state index is 0.000599. The van der Waals surface area contributed by atoms with Crippen LogP contribution in [0.15, 0.2) is 73.3 Å². The Morgan fingerprint density at radius 3 is 2.55 bits per heavy atom. The quantitative estimate of drug-likeness (QED) is 0.245. The standard InChI is InChI=1S/C27H22ClFN6O3/c1-17(36)20-6-4-18(5-7-20)14-25(37)23(13-19-3-2-12-30-15-19)32-26(38)11-8-21-24(35-16-31-33-34-35)10-9-22(28)27(21)29/h2-12,15-16,23H,13-14H2,1H3,(H,32,38)/b11-8+/t23-/m0/s1. The topological polar surface area (TPSA) is 120 Å². The van der Waals surface area contributed by atoms with E-state index in [1.54, 1.807) is 48.8 Å². The van der Waals surface area contributed by atoms with Gasteiger partial charge in [0.05, 0.1) is 16.8 Å². The van der Waals surface area contributed by atoms with Gasteiger partial charge in [-0.25, -0.2) is 4.39 Å². The fourth-order valence-corrected chi connectivity index (χ4v) is 3.91. The molecule has 0 radical (unpaired) electrons. The first kappa shape index (κ1) is 26.5. The van der Waals surface area contributed by atoms with Crippen molar-refractivity contribution in [3.63, 3.8) is 0 Å². The van der Waals surface area contributed by atoms with Crippen LogP contribution in [0.25, 0.3) is 11.8 Å². The molecule has 1 atom stereocenters. The molecule has 2 heterocycles. The van der Waals surface area contributed by atoms with Crippen LogP contribution in [-0.4, -0.2) is 48.7 Å². The number of tetrazole rings is 1. The molecule has 11 heteroatoms. The van der Waals surface area contributed by atoms with Gasteiger partial charge in [-0.05, 0) is 52.8 Å². The molecule has 4 aromatic rings. The van der Waals surface area contributed by atoms with Gasteiger partial charge < -0.3 is 5.32 Å². The van der Waals surface area contributed by atoms with Gasteiger partial charge in [0.25, 0.3) is 0 Å². The van der Waals surface area contributed by atoms with Crippen molar-refractivity contribution >= 4 is 35.2 Å². The Hall–Kier alpha value is -4.57. The molecule has 2 aromatic carbocycles. The zero-order valence-electron chi connectivity index (χ0n) is 20.2. The van der Waals surface area contributed by atoms with E-state index in [4.69, 9.17) is 11.6 Å². The van der Waals surface area contributed by atoms with Gasteiger partial charge in [-0.2, -0.15) is 4.68 Å². The third-order valence-corrected chi connectivity index (χ3v) is 6.01. The zero-order chi connectivity index (χ0) is 27.1. The molecule has 4 rings (SSSR count). The van der Waals surface area contributed by atoms with Gasteiger partial charge in [0.1, 0.15) is 6.33 Å². The van der Waals surface area contributed by atoms with Gasteiger partial charge in [-0.15, -0.1) is 5.10 Å². The Morgan fingerprint density at radius 2 is 1.89 bits per heavy atom. The molecule has 0 spiro atoms. The van der Waals surface area contributed by atoms with E-state index in [0.29, 0.717) is 11.1 Å². The Morgan fingerprint density at radius 1 is 1.11 bits per heavy atom. The maximum Gasteiger partial charge on any atom is 0.244 e. The molecule has 0 unspecified atom stereocenters. The van der Waals surface area contributed by atoms with Crippen molar-refractivity contribution in [1.82, 2.24) is 30.5 Å². The normalized spacial score (nSPS) is 11.9. The number of pyridine rings is 1. The lowest BCUT2D eigenvalue weighted by atomic mass is 9.97. The highest BCUT2D eigenvalue weighted by atomic mass is 35.5. The van der Waals surface area contributed by atoms with Gasteiger partial charge in [-0.3, -0.25) is 19.4 Å². The lowest BCUT2D eigenvalue weighted by Gasteiger charge is -2.17. The lowest BCUT2D eigenvalue weighted by Crippen LogP contribution is -2.42. The average molecular weight is 533 g/mol. The van der Waals surface area contributed by atoms with Gasteiger partial charge in [-0.1, -0.05) is 41.9 Å². The molecule has 2 aromatic heterocycles. The summed E-state index contributed by atoms with van der Waals surface area (Å²) >= 11 is 5.94. The largest absolute Gasteiger partial charge is 0.342 e. The summed E-state index contributed by atoms with van der Waals surface area (Å²) in [5, 5.41) is 13.4. The number of Topliss-reactive ketones (excluding diaryl/α,β-unsaturated/α-hetero) is 2. The number of ketones is 2. The number of nitrogens with zero attached hydrogens (tertiary/aromatic N) is 5. The van der Waals surface area contributed by atoms with Crippen LogP contribution in [0.1, 0.15) is 34.0 Å². The van der Waals surface area contributed by atoms with E-state index in [1.165, 1.54) is 36.1 Å². The number of amides is 1. The predicted octanol–water partition coefficient (Wildman–Crippen LogP) is 3.60. The second-order valence-corrected chi connectivity index (χ2v) is 8.81. The molecule has 192 valence electrons. The SMILES string of the molecule is CC(=O)c1ccc(CC(=O)[C@H](Cc2cccnc2)NC(=O)/C=C/c2c(-n3cnnn3)ccc(Cl)c2F)cc1. The summed E-state index contributed by atoms with van der Waals surface area (Å²) in [6.07, 6.45) is 7.13. The van der Waals surface area contributed by atoms with Crippen molar-refractivity contribution in [2.24, 2.45) is 0 Å². The van der Waals surface area contributed by atoms with Crippen molar-refractivity contribution in [3.8, 4) is 5.69 Å². The molecule has 0 aliphatic carbocycles. The highest BCUT2D eigenvalue weighted by molar-refractivity contribution is 6.31. The maximum absolute atomic E-state index is 14.8. The first-order chi connectivity index (χ1) is 18.3. The van der Waals surface area contributed by atoms with E-state index in [-0.39, 0.29) is 40.7 Å². The number of hydrogen-bond donors (Lipinski definition) is 1. The summed E-state index contributed by atoms with van der Waals surface area (Å²) in [7, 11) is 0. The Labute approximate surface area is 222 Å². The third-order valence-electron chi connectivity index (χ3n) is 5.71. The maximum atomic E-state index is 14.8. The summed E-state index contributed by atoms with van der Waals surface area (Å²) in [6, 6.07) is 12.3. The van der Waals surface area contributed by atoms with Crippen LogP contribution < -0.4 is 5.32 Å². The Kier molecular flexibility index (Phi) is 8.44. The molecule has 0 saturated heterocycles. The van der Waals surface area contributed by atoms with E-state index >= 15 is 0 Å². The summed E-state index contributed by atoms with van der Waals surface area (Å²) < 4.78 is 16.1. The van der Waals surface area contributed by atoms with Crippen LogP contribution in [0, 0.1) is 5.82 Å². The molecule has 38 heavy (non-hydrogen) atoms. The van der Waals surface area contributed by atoms with Gasteiger partial charge in [0.15, 0.2) is 17.4 Å². The van der Waals surface area contributed by atoms with E-state index in [2.05, 4.69) is 25.8 Å². The van der Waals surface area contributed by atoms with Crippen LogP contribution in [0.5, 0.6) is 0 Å². The van der Waals surface area contributed by atoms with Crippen LogP contribution >= 0.6 is 11.6 Å². The fraction of sp³-hybridized carbons (Fsp3) is 0.148. The summed E-state index contributed by atoms with van der Waals surface area (Å²) in [5.74, 6) is -1.67. The number of nitrogens with one attached hydrogen (secondary N) is 1. The van der Waals surface area contributed by atoms with E-state index in [1.807, 2.05) is 0 Å². The average Bonchev–Trinajstić information content (AvgIpc) is 3.45. The Bertz CT molecular complexity index is 1470.